The minimum absolute atomic E-state index is 0.686. The molecule has 0 radical (unpaired) electrons. The fraction of sp³-hybridized carbons (Fsp3) is 0.500. The monoisotopic (exact) mass is 172 g/mol. The molecule has 0 aromatic carbocycles. The molecule has 0 amide bonds. The Morgan fingerprint density at radius 3 is 2.91 bits per heavy atom. The Morgan fingerprint density at radius 2 is 2.45 bits per heavy atom. The molecule has 0 saturated carbocycles. The number of thiazole rings is 1. The molecule has 11 heavy (non-hydrogen) atoms. The van der Waals surface area contributed by atoms with E-state index < -0.39 is 0 Å². The zero-order chi connectivity index (χ0) is 8.27. The van der Waals surface area contributed by atoms with Gasteiger partial charge in [-0.1, -0.05) is 0 Å². The van der Waals surface area contributed by atoms with Crippen LogP contribution in [0, 0.1) is 0 Å². The summed E-state index contributed by atoms with van der Waals surface area (Å²) in [5.74, 6) is 5.16. The van der Waals surface area contributed by atoms with Crippen molar-refractivity contribution < 1.29 is 0 Å². The van der Waals surface area contributed by atoms with Crippen molar-refractivity contribution in [1.82, 2.24) is 10.4 Å². The molecule has 5 heteroatoms. The minimum Gasteiger partial charge on any atom is -0.354 e. The van der Waals surface area contributed by atoms with E-state index in [2.05, 4.69) is 10.4 Å². The van der Waals surface area contributed by atoms with Crippen molar-refractivity contribution in [3.05, 3.63) is 11.1 Å². The van der Waals surface area contributed by atoms with Crippen LogP contribution in [0.5, 0.6) is 0 Å². The third-order valence-corrected chi connectivity index (χ3v) is 2.37. The number of hydrogen-bond acceptors (Lipinski definition) is 5. The van der Waals surface area contributed by atoms with Crippen molar-refractivity contribution in [3.63, 3.8) is 0 Å². The van der Waals surface area contributed by atoms with Crippen molar-refractivity contribution >= 4 is 16.5 Å². The average molecular weight is 172 g/mol. The van der Waals surface area contributed by atoms with E-state index in [9.17, 15) is 0 Å². The Hall–Kier alpha value is -0.650. The predicted octanol–water partition coefficient (Wildman–Crippen LogP) is 0.172. The Labute approximate surface area is 70.0 Å². The van der Waals surface area contributed by atoms with Crippen molar-refractivity contribution in [2.45, 2.75) is 6.54 Å². The number of hydrazine groups is 1. The van der Waals surface area contributed by atoms with E-state index >= 15 is 0 Å². The summed E-state index contributed by atoms with van der Waals surface area (Å²) in [5, 5.41) is 1.01. The Bertz CT molecular complexity index is 220. The number of nitrogens with two attached hydrogens (primary N) is 1. The third kappa shape index (κ3) is 2.14. The first-order chi connectivity index (χ1) is 5.24. The van der Waals surface area contributed by atoms with Crippen LogP contribution in [0.15, 0.2) is 6.20 Å². The summed E-state index contributed by atoms with van der Waals surface area (Å²) in [7, 11) is 3.94. The molecular formula is C6H12N4S. The first-order valence-corrected chi connectivity index (χ1v) is 4.11. The van der Waals surface area contributed by atoms with Gasteiger partial charge in [-0.3, -0.25) is 11.3 Å². The van der Waals surface area contributed by atoms with E-state index in [0.717, 1.165) is 10.0 Å². The number of anilines is 1. The van der Waals surface area contributed by atoms with Gasteiger partial charge in [-0.25, -0.2) is 4.98 Å². The Morgan fingerprint density at radius 1 is 1.73 bits per heavy atom. The summed E-state index contributed by atoms with van der Waals surface area (Å²) in [4.78, 5) is 7.31. The van der Waals surface area contributed by atoms with Crippen molar-refractivity contribution in [3.8, 4) is 0 Å². The molecule has 1 heterocycles. The summed E-state index contributed by atoms with van der Waals surface area (Å²) in [6, 6.07) is 0. The number of nitrogens with zero attached hydrogens (tertiary/aromatic N) is 2. The molecular weight excluding hydrogens is 160 g/mol. The largest absolute Gasteiger partial charge is 0.354 e. The quantitative estimate of drug-likeness (QED) is 0.504. The molecule has 0 aliphatic rings. The molecule has 62 valence electrons. The van der Waals surface area contributed by atoms with Gasteiger partial charge < -0.3 is 4.90 Å². The number of hydrogen-bond donors (Lipinski definition) is 2. The Balaban J connectivity index is 2.66. The van der Waals surface area contributed by atoms with Crippen LogP contribution >= 0.6 is 11.3 Å². The number of nitrogens with one attached hydrogen (secondary N) is 1. The lowest BCUT2D eigenvalue weighted by atomic mass is 10.6. The van der Waals surface area contributed by atoms with Crippen LogP contribution in [0.2, 0.25) is 0 Å². The SMILES string of the molecule is CN(C)c1ncc(CNN)s1. The summed E-state index contributed by atoms with van der Waals surface area (Å²) in [6.07, 6.45) is 1.83. The van der Waals surface area contributed by atoms with Crippen LogP contribution in [0.1, 0.15) is 4.88 Å². The van der Waals surface area contributed by atoms with Crippen LogP contribution in [-0.2, 0) is 6.54 Å². The normalized spacial score (nSPS) is 10.1. The van der Waals surface area contributed by atoms with Gasteiger partial charge in [-0.05, 0) is 0 Å². The first-order valence-electron chi connectivity index (χ1n) is 3.29. The maximum Gasteiger partial charge on any atom is 0.185 e. The second kappa shape index (κ2) is 3.66. The molecule has 0 atom stereocenters. The minimum atomic E-state index is 0.686. The van der Waals surface area contributed by atoms with Gasteiger partial charge in [0.1, 0.15) is 0 Å². The molecule has 0 bridgehead atoms. The molecule has 0 aliphatic heterocycles. The summed E-state index contributed by atoms with van der Waals surface area (Å²) in [5.41, 5.74) is 2.59. The van der Waals surface area contributed by atoms with Crippen molar-refractivity contribution in [2.75, 3.05) is 19.0 Å². The van der Waals surface area contributed by atoms with Crippen molar-refractivity contribution in [1.29, 1.82) is 0 Å². The standard InChI is InChI=1S/C6H12N4S/c1-10(2)6-8-3-5(11-6)4-9-7/h3,9H,4,7H2,1-2H3. The highest BCUT2D eigenvalue weighted by molar-refractivity contribution is 7.15. The molecule has 4 nitrogen and oxygen atoms in total. The predicted molar refractivity (Wildman–Crippen MR) is 47.5 cm³/mol. The highest BCUT2D eigenvalue weighted by Gasteiger charge is 2.01. The molecule has 0 unspecified atom stereocenters. The van der Waals surface area contributed by atoms with Gasteiger partial charge in [0.05, 0.1) is 0 Å². The van der Waals surface area contributed by atoms with Gasteiger partial charge in [0, 0.05) is 31.7 Å². The Kier molecular flexibility index (Phi) is 2.81. The van der Waals surface area contributed by atoms with Crippen LogP contribution < -0.4 is 16.2 Å². The van der Waals surface area contributed by atoms with E-state index in [-0.39, 0.29) is 0 Å². The summed E-state index contributed by atoms with van der Waals surface area (Å²) in [6.45, 7) is 0.686. The third-order valence-electron chi connectivity index (χ3n) is 1.20. The zero-order valence-corrected chi connectivity index (χ0v) is 7.48. The molecule has 3 N–H and O–H groups in total. The maximum absolute atomic E-state index is 5.16. The molecule has 1 aromatic heterocycles. The zero-order valence-electron chi connectivity index (χ0n) is 6.66. The summed E-state index contributed by atoms with van der Waals surface area (Å²) >= 11 is 1.64. The van der Waals surface area contributed by atoms with Crippen LogP contribution in [-0.4, -0.2) is 19.1 Å². The number of rotatable bonds is 3. The van der Waals surface area contributed by atoms with Gasteiger partial charge in [0.25, 0.3) is 0 Å². The molecule has 0 spiro atoms. The highest BCUT2D eigenvalue weighted by atomic mass is 32.1. The molecule has 0 fully saturated rings. The van der Waals surface area contributed by atoms with E-state index in [1.165, 1.54) is 0 Å². The van der Waals surface area contributed by atoms with Crippen molar-refractivity contribution in [2.24, 2.45) is 5.84 Å². The van der Waals surface area contributed by atoms with E-state index in [0.29, 0.717) is 6.54 Å². The van der Waals surface area contributed by atoms with Gasteiger partial charge >= 0.3 is 0 Å². The second-order valence-corrected chi connectivity index (χ2v) is 3.48. The molecule has 0 aliphatic carbocycles. The topological polar surface area (TPSA) is 54.2 Å². The second-order valence-electron chi connectivity index (χ2n) is 2.38. The van der Waals surface area contributed by atoms with E-state index in [1.54, 1.807) is 11.3 Å². The molecule has 1 rings (SSSR count). The fourth-order valence-electron chi connectivity index (χ4n) is 0.686. The fourth-order valence-corrected chi connectivity index (χ4v) is 1.47. The lowest BCUT2D eigenvalue weighted by molar-refractivity contribution is 0.750. The lowest BCUT2D eigenvalue weighted by Gasteiger charge is -2.04. The van der Waals surface area contributed by atoms with Gasteiger partial charge in [-0.2, -0.15) is 0 Å². The summed E-state index contributed by atoms with van der Waals surface area (Å²) < 4.78 is 0. The van der Waals surface area contributed by atoms with Gasteiger partial charge in [-0.15, -0.1) is 11.3 Å². The lowest BCUT2D eigenvalue weighted by Crippen LogP contribution is -2.19. The van der Waals surface area contributed by atoms with E-state index in [1.807, 2.05) is 25.2 Å². The van der Waals surface area contributed by atoms with Gasteiger partial charge in [0.15, 0.2) is 5.13 Å². The average Bonchev–Trinajstić information content (AvgIpc) is 2.37. The highest BCUT2D eigenvalue weighted by Crippen LogP contribution is 2.19. The van der Waals surface area contributed by atoms with Gasteiger partial charge in [0.2, 0.25) is 0 Å². The first kappa shape index (κ1) is 8.45. The number of aromatic nitrogens is 1. The van der Waals surface area contributed by atoms with E-state index in [4.69, 9.17) is 5.84 Å². The molecule has 0 saturated heterocycles. The van der Waals surface area contributed by atoms with Crippen LogP contribution in [0.25, 0.3) is 0 Å². The van der Waals surface area contributed by atoms with Crippen LogP contribution in [0.3, 0.4) is 0 Å². The van der Waals surface area contributed by atoms with Crippen LogP contribution in [0.4, 0.5) is 5.13 Å². The maximum atomic E-state index is 5.16. The molecule has 1 aromatic rings. The smallest absolute Gasteiger partial charge is 0.185 e.